The molecule has 6 nitrogen and oxygen atoms in total. The average Bonchev–Trinajstić information content (AvgIpc) is 3.04. The van der Waals surface area contributed by atoms with Gasteiger partial charge in [-0.2, -0.15) is 0 Å². The molecule has 140 valence electrons. The molecule has 3 rings (SSSR count). The van der Waals surface area contributed by atoms with Gasteiger partial charge in [-0.3, -0.25) is 4.79 Å². The minimum atomic E-state index is -0.918. The van der Waals surface area contributed by atoms with Crippen LogP contribution in [0.3, 0.4) is 0 Å². The van der Waals surface area contributed by atoms with Crippen LogP contribution in [0.2, 0.25) is 5.02 Å². The minimum absolute atomic E-state index is 0.121. The van der Waals surface area contributed by atoms with Crippen molar-refractivity contribution in [1.29, 1.82) is 0 Å². The molecule has 0 amide bonds. The third kappa shape index (κ3) is 4.50. The van der Waals surface area contributed by atoms with Crippen LogP contribution in [0.5, 0.6) is 11.5 Å². The van der Waals surface area contributed by atoms with Gasteiger partial charge < -0.3 is 19.9 Å². The van der Waals surface area contributed by atoms with Gasteiger partial charge in [-0.15, -0.1) is 11.3 Å². The van der Waals surface area contributed by atoms with Gasteiger partial charge in [-0.1, -0.05) is 11.6 Å². The van der Waals surface area contributed by atoms with Crippen LogP contribution in [-0.4, -0.2) is 30.3 Å². The molecule has 1 heterocycles. The second kappa shape index (κ2) is 8.28. The van der Waals surface area contributed by atoms with Gasteiger partial charge in [0.1, 0.15) is 0 Å². The molecule has 1 aromatic heterocycles. The molecule has 2 N–H and O–H groups in total. The predicted octanol–water partition coefficient (Wildman–Crippen LogP) is 4.85. The normalized spacial score (nSPS) is 10.5. The summed E-state index contributed by atoms with van der Waals surface area (Å²) in [7, 11) is 3.11. The number of aliphatic carboxylic acids is 1. The quantitative estimate of drug-likeness (QED) is 0.585. The predicted molar refractivity (Wildman–Crippen MR) is 107 cm³/mol. The molecule has 0 fully saturated rings. The van der Waals surface area contributed by atoms with Crippen molar-refractivity contribution >= 4 is 39.7 Å². The number of thiazole rings is 1. The monoisotopic (exact) mass is 404 g/mol. The first-order chi connectivity index (χ1) is 13.0. The topological polar surface area (TPSA) is 80.7 Å². The Labute approximate surface area is 165 Å². The molecule has 3 aromatic rings. The Morgan fingerprint density at radius 2 is 1.85 bits per heavy atom. The van der Waals surface area contributed by atoms with Crippen LogP contribution < -0.4 is 14.8 Å². The molecular weight excluding hydrogens is 388 g/mol. The molecule has 2 aromatic carbocycles. The number of rotatable bonds is 7. The van der Waals surface area contributed by atoms with Gasteiger partial charge in [-0.25, -0.2) is 4.98 Å². The van der Waals surface area contributed by atoms with Crippen molar-refractivity contribution in [3.05, 3.63) is 52.4 Å². The molecular formula is C19H17ClN2O4S. The standard InChI is InChI=1S/C19H17ClN2O4S/c1-25-14-8-3-11(9-15(14)26-2)18-16(10-17(23)24)27-19(22-18)21-13-6-4-12(20)5-7-13/h3-9H,10H2,1-2H3,(H,21,22)(H,23,24). The zero-order valence-corrected chi connectivity index (χ0v) is 16.2. The van der Waals surface area contributed by atoms with E-state index < -0.39 is 5.97 Å². The van der Waals surface area contributed by atoms with Crippen molar-refractivity contribution in [3.8, 4) is 22.8 Å². The summed E-state index contributed by atoms with van der Waals surface area (Å²) in [5.41, 5.74) is 2.16. The summed E-state index contributed by atoms with van der Waals surface area (Å²) in [4.78, 5) is 16.5. The lowest BCUT2D eigenvalue weighted by Crippen LogP contribution is -1.99. The Balaban J connectivity index is 1.99. The Morgan fingerprint density at radius 3 is 2.48 bits per heavy atom. The summed E-state index contributed by atoms with van der Waals surface area (Å²) < 4.78 is 10.6. The van der Waals surface area contributed by atoms with Gasteiger partial charge in [0.2, 0.25) is 0 Å². The number of nitrogens with one attached hydrogen (secondary N) is 1. The molecule has 27 heavy (non-hydrogen) atoms. The van der Waals surface area contributed by atoms with Crippen LogP contribution in [0.15, 0.2) is 42.5 Å². The van der Waals surface area contributed by atoms with Gasteiger partial charge in [0.15, 0.2) is 16.6 Å². The smallest absolute Gasteiger partial charge is 0.308 e. The second-order valence-electron chi connectivity index (χ2n) is 5.56. The van der Waals surface area contributed by atoms with Gasteiger partial charge in [0, 0.05) is 21.2 Å². The van der Waals surface area contributed by atoms with Crippen molar-refractivity contribution in [1.82, 2.24) is 4.98 Å². The van der Waals surface area contributed by atoms with E-state index in [0.717, 1.165) is 11.3 Å². The van der Waals surface area contributed by atoms with Crippen LogP contribution in [0.1, 0.15) is 4.88 Å². The number of hydrogen-bond donors (Lipinski definition) is 2. The number of halogens is 1. The Hall–Kier alpha value is -2.77. The third-order valence-electron chi connectivity index (χ3n) is 3.76. The van der Waals surface area contributed by atoms with E-state index in [1.165, 1.54) is 11.3 Å². The Bertz CT molecular complexity index is 957. The molecule has 0 saturated carbocycles. The lowest BCUT2D eigenvalue weighted by Gasteiger charge is -2.09. The second-order valence-corrected chi connectivity index (χ2v) is 7.08. The fraction of sp³-hybridized carbons (Fsp3) is 0.158. The number of carboxylic acids is 1. The highest BCUT2D eigenvalue weighted by molar-refractivity contribution is 7.16. The number of ether oxygens (including phenoxy) is 2. The van der Waals surface area contributed by atoms with Crippen molar-refractivity contribution < 1.29 is 19.4 Å². The molecule has 0 bridgehead atoms. The molecule has 0 aliphatic rings. The van der Waals surface area contributed by atoms with E-state index in [4.69, 9.17) is 21.1 Å². The third-order valence-corrected chi connectivity index (χ3v) is 4.98. The molecule has 0 radical (unpaired) electrons. The molecule has 0 spiro atoms. The number of hydrogen-bond acceptors (Lipinski definition) is 6. The minimum Gasteiger partial charge on any atom is -0.493 e. The van der Waals surface area contributed by atoms with Crippen LogP contribution in [0.25, 0.3) is 11.3 Å². The van der Waals surface area contributed by atoms with Crippen LogP contribution >= 0.6 is 22.9 Å². The molecule has 0 aliphatic heterocycles. The number of carbonyl (C=O) groups is 1. The number of carboxylic acid groups (broad SMARTS) is 1. The number of aromatic nitrogens is 1. The Morgan fingerprint density at radius 1 is 1.15 bits per heavy atom. The number of methoxy groups -OCH3 is 2. The molecule has 0 saturated heterocycles. The van der Waals surface area contributed by atoms with Crippen molar-refractivity contribution in [2.45, 2.75) is 6.42 Å². The van der Waals surface area contributed by atoms with Crippen molar-refractivity contribution in [2.75, 3.05) is 19.5 Å². The first-order valence-electron chi connectivity index (χ1n) is 7.96. The van der Waals surface area contributed by atoms with E-state index >= 15 is 0 Å². The number of nitrogens with zero attached hydrogens (tertiary/aromatic N) is 1. The molecule has 0 aliphatic carbocycles. The van der Waals surface area contributed by atoms with E-state index in [0.29, 0.717) is 32.2 Å². The largest absolute Gasteiger partial charge is 0.493 e. The van der Waals surface area contributed by atoms with E-state index in [-0.39, 0.29) is 6.42 Å². The van der Waals surface area contributed by atoms with Gasteiger partial charge in [-0.05, 0) is 42.5 Å². The summed E-state index contributed by atoms with van der Waals surface area (Å²) in [6.07, 6.45) is -0.121. The Kier molecular flexibility index (Phi) is 5.83. The highest BCUT2D eigenvalue weighted by Crippen LogP contribution is 2.37. The highest BCUT2D eigenvalue weighted by atomic mass is 35.5. The van der Waals surface area contributed by atoms with Gasteiger partial charge >= 0.3 is 5.97 Å². The fourth-order valence-electron chi connectivity index (χ4n) is 2.53. The maximum Gasteiger partial charge on any atom is 0.308 e. The van der Waals surface area contributed by atoms with Gasteiger partial charge in [0.05, 0.1) is 26.3 Å². The van der Waals surface area contributed by atoms with Gasteiger partial charge in [0.25, 0.3) is 0 Å². The van der Waals surface area contributed by atoms with Crippen LogP contribution in [0.4, 0.5) is 10.8 Å². The lowest BCUT2D eigenvalue weighted by atomic mass is 10.1. The first kappa shape index (κ1) is 19.0. The summed E-state index contributed by atoms with van der Waals surface area (Å²) in [5.74, 6) is 0.227. The summed E-state index contributed by atoms with van der Waals surface area (Å²) in [5, 5.41) is 13.7. The maximum absolute atomic E-state index is 11.3. The molecule has 0 atom stereocenters. The lowest BCUT2D eigenvalue weighted by molar-refractivity contribution is -0.136. The number of anilines is 2. The summed E-state index contributed by atoms with van der Waals surface area (Å²) in [6.45, 7) is 0. The van der Waals surface area contributed by atoms with E-state index in [9.17, 15) is 9.90 Å². The SMILES string of the molecule is COc1ccc(-c2nc(Nc3ccc(Cl)cc3)sc2CC(=O)O)cc1OC. The van der Waals surface area contributed by atoms with Crippen molar-refractivity contribution in [2.24, 2.45) is 0 Å². The average molecular weight is 405 g/mol. The molecule has 0 unspecified atom stereocenters. The summed E-state index contributed by atoms with van der Waals surface area (Å²) in [6, 6.07) is 12.6. The molecule has 8 heteroatoms. The summed E-state index contributed by atoms with van der Waals surface area (Å²) >= 11 is 7.20. The number of benzene rings is 2. The van der Waals surface area contributed by atoms with E-state index in [1.807, 2.05) is 18.2 Å². The van der Waals surface area contributed by atoms with E-state index in [2.05, 4.69) is 10.3 Å². The zero-order valence-electron chi connectivity index (χ0n) is 14.7. The highest BCUT2D eigenvalue weighted by Gasteiger charge is 2.17. The van der Waals surface area contributed by atoms with Crippen LogP contribution in [-0.2, 0) is 11.2 Å². The van der Waals surface area contributed by atoms with Crippen LogP contribution in [0, 0.1) is 0 Å². The van der Waals surface area contributed by atoms with E-state index in [1.54, 1.807) is 38.5 Å². The zero-order chi connectivity index (χ0) is 19.4. The first-order valence-corrected chi connectivity index (χ1v) is 9.16. The van der Waals surface area contributed by atoms with Crippen molar-refractivity contribution in [3.63, 3.8) is 0 Å². The maximum atomic E-state index is 11.3. The fourth-order valence-corrected chi connectivity index (χ4v) is 3.65.